The van der Waals surface area contributed by atoms with Gasteiger partial charge in [-0.05, 0) is 49.1 Å². The molecule has 158 valence electrons. The number of benzene rings is 1. The second kappa shape index (κ2) is 8.47. The molecule has 0 radical (unpaired) electrons. The van der Waals surface area contributed by atoms with Gasteiger partial charge in [0, 0.05) is 35.3 Å². The van der Waals surface area contributed by atoms with Crippen LogP contribution in [0.4, 0.5) is 5.69 Å². The first-order valence-electron chi connectivity index (χ1n) is 10.4. The molecule has 0 spiro atoms. The fraction of sp³-hybridized carbons (Fsp3) is 0.120. The average molecular weight is 423 g/mol. The minimum atomic E-state index is -0.288. The highest BCUT2D eigenvalue weighted by atomic mass is 16.5. The lowest BCUT2D eigenvalue weighted by atomic mass is 10.1. The highest BCUT2D eigenvalue weighted by Gasteiger charge is 2.13. The zero-order valence-electron chi connectivity index (χ0n) is 17.3. The number of allylic oxidation sites excluding steroid dienone is 2. The van der Waals surface area contributed by atoms with Gasteiger partial charge in [-0.15, -0.1) is 0 Å². The molecule has 4 aromatic rings. The third kappa shape index (κ3) is 4.00. The fourth-order valence-electron chi connectivity index (χ4n) is 3.74. The van der Waals surface area contributed by atoms with E-state index in [9.17, 15) is 4.79 Å². The van der Waals surface area contributed by atoms with Crippen LogP contribution in [-0.4, -0.2) is 25.8 Å². The number of rotatable bonds is 6. The molecule has 3 heterocycles. The second-order valence-electron chi connectivity index (χ2n) is 7.48. The summed E-state index contributed by atoms with van der Waals surface area (Å²) in [5.74, 6) is 0.601. The number of carbonyl (C=O) groups is 1. The van der Waals surface area contributed by atoms with E-state index in [2.05, 4.69) is 50.0 Å². The topological polar surface area (TPSA) is 92.8 Å². The van der Waals surface area contributed by atoms with Crippen molar-refractivity contribution in [2.24, 2.45) is 0 Å². The number of H-pyrrole nitrogens is 1. The summed E-state index contributed by atoms with van der Waals surface area (Å²) in [6, 6.07) is 11.2. The summed E-state index contributed by atoms with van der Waals surface area (Å²) in [5.41, 5.74) is 6.19. The molecule has 7 nitrogen and oxygen atoms in total. The van der Waals surface area contributed by atoms with Crippen LogP contribution in [-0.2, 0) is 4.79 Å². The Morgan fingerprint density at radius 2 is 2.12 bits per heavy atom. The Balaban J connectivity index is 1.41. The van der Waals surface area contributed by atoms with Crippen molar-refractivity contribution in [1.82, 2.24) is 19.9 Å². The van der Waals surface area contributed by atoms with Gasteiger partial charge in [0.05, 0.1) is 11.9 Å². The van der Waals surface area contributed by atoms with Crippen LogP contribution < -0.4 is 10.1 Å². The number of nitrogens with zero attached hydrogens (tertiary/aromatic N) is 3. The Morgan fingerprint density at radius 1 is 1.19 bits per heavy atom. The maximum atomic E-state index is 11.5. The van der Waals surface area contributed by atoms with Crippen LogP contribution in [0.25, 0.3) is 27.9 Å². The van der Waals surface area contributed by atoms with Gasteiger partial charge in [-0.3, -0.25) is 9.78 Å². The van der Waals surface area contributed by atoms with E-state index in [0.717, 1.165) is 29.7 Å². The Kier molecular flexibility index (Phi) is 5.21. The van der Waals surface area contributed by atoms with Gasteiger partial charge >= 0.3 is 0 Å². The number of fused-ring (bicyclic) bond motifs is 1. The molecule has 0 saturated heterocycles. The molecule has 7 heteroatoms. The number of aromatic amines is 1. The lowest BCUT2D eigenvalue weighted by Gasteiger charge is -2.08. The summed E-state index contributed by atoms with van der Waals surface area (Å²) in [6.07, 6.45) is 12.2. The predicted molar refractivity (Wildman–Crippen MR) is 124 cm³/mol. The highest BCUT2D eigenvalue weighted by molar-refractivity contribution is 5.99. The van der Waals surface area contributed by atoms with Crippen molar-refractivity contribution in [3.63, 3.8) is 0 Å². The van der Waals surface area contributed by atoms with Crippen molar-refractivity contribution in [3.8, 4) is 22.8 Å². The van der Waals surface area contributed by atoms with E-state index in [4.69, 9.17) is 4.74 Å². The van der Waals surface area contributed by atoms with Gasteiger partial charge in [0.25, 0.3) is 0 Å². The zero-order valence-corrected chi connectivity index (χ0v) is 17.3. The van der Waals surface area contributed by atoms with E-state index < -0.39 is 0 Å². The van der Waals surface area contributed by atoms with E-state index >= 15 is 0 Å². The van der Waals surface area contributed by atoms with Gasteiger partial charge < -0.3 is 15.0 Å². The summed E-state index contributed by atoms with van der Waals surface area (Å²) in [6.45, 7) is 3.46. The van der Waals surface area contributed by atoms with Crippen molar-refractivity contribution in [3.05, 3.63) is 79.4 Å². The molecule has 0 atom stereocenters. The molecular weight excluding hydrogens is 402 g/mol. The number of ether oxygens (including phenoxy) is 1. The molecule has 0 fully saturated rings. The monoisotopic (exact) mass is 423 g/mol. The molecule has 0 aliphatic heterocycles. The number of nitrogens with one attached hydrogen (secondary N) is 2. The van der Waals surface area contributed by atoms with Crippen molar-refractivity contribution in [2.45, 2.75) is 19.3 Å². The fourth-order valence-corrected chi connectivity index (χ4v) is 3.74. The van der Waals surface area contributed by atoms with Gasteiger partial charge in [-0.25, -0.2) is 9.97 Å². The maximum absolute atomic E-state index is 11.5. The molecule has 1 aliphatic carbocycles. The van der Waals surface area contributed by atoms with Crippen molar-refractivity contribution < 1.29 is 9.53 Å². The third-order valence-corrected chi connectivity index (χ3v) is 5.31. The molecule has 0 unspecified atom stereocenters. The van der Waals surface area contributed by atoms with E-state index in [1.54, 1.807) is 30.5 Å². The second-order valence-corrected chi connectivity index (χ2v) is 7.48. The molecule has 1 aliphatic rings. The highest BCUT2D eigenvalue weighted by Crippen LogP contribution is 2.31. The van der Waals surface area contributed by atoms with Crippen molar-refractivity contribution in [2.75, 3.05) is 5.32 Å². The van der Waals surface area contributed by atoms with Crippen LogP contribution in [0.5, 0.6) is 11.6 Å². The molecule has 1 amide bonds. The number of hydrogen-bond donors (Lipinski definition) is 2. The van der Waals surface area contributed by atoms with Crippen LogP contribution in [0.3, 0.4) is 0 Å². The smallest absolute Gasteiger partial charge is 0.247 e. The first-order chi connectivity index (χ1) is 15.7. The van der Waals surface area contributed by atoms with Gasteiger partial charge in [-0.2, -0.15) is 0 Å². The number of aromatic nitrogens is 4. The first-order valence-corrected chi connectivity index (χ1v) is 10.4. The van der Waals surface area contributed by atoms with E-state index in [1.165, 1.54) is 18.1 Å². The zero-order chi connectivity index (χ0) is 21.9. The minimum absolute atomic E-state index is 0.288. The van der Waals surface area contributed by atoms with Gasteiger partial charge in [0.1, 0.15) is 11.3 Å². The normalized spacial score (nSPS) is 13.1. The molecule has 2 N–H and O–H groups in total. The number of hydrogen-bond acceptors (Lipinski definition) is 5. The quantitative estimate of drug-likeness (QED) is 0.399. The molecular formula is C25H21N5O2. The van der Waals surface area contributed by atoms with Crippen LogP contribution in [0.1, 0.15) is 25.0 Å². The summed E-state index contributed by atoms with van der Waals surface area (Å²) in [4.78, 5) is 28.4. The molecule has 5 rings (SSSR count). The average Bonchev–Trinajstić information content (AvgIpc) is 3.50. The van der Waals surface area contributed by atoms with Crippen molar-refractivity contribution >= 4 is 28.3 Å². The Labute approximate surface area is 184 Å². The maximum Gasteiger partial charge on any atom is 0.247 e. The molecule has 32 heavy (non-hydrogen) atoms. The van der Waals surface area contributed by atoms with Crippen LogP contribution >= 0.6 is 0 Å². The standard InChI is InChI=1S/C25H21N5O2/c1-2-22(31)29-18-8-5-9-19(12-18)32-23-15-28-25-24(30-23)20(14-27-25)17-10-11-21(26-13-17)16-6-3-4-7-16/h2,5-6,8-15H,1,3-4,7H2,(H,27,28)(H,29,31). The van der Waals surface area contributed by atoms with Gasteiger partial charge in [0.2, 0.25) is 11.8 Å². The number of amides is 1. The molecule has 3 aromatic heterocycles. The third-order valence-electron chi connectivity index (χ3n) is 5.31. The van der Waals surface area contributed by atoms with Gasteiger partial charge in [0.15, 0.2) is 5.65 Å². The van der Waals surface area contributed by atoms with E-state index in [0.29, 0.717) is 28.5 Å². The summed E-state index contributed by atoms with van der Waals surface area (Å²) in [7, 11) is 0. The molecule has 0 saturated carbocycles. The lowest BCUT2D eigenvalue weighted by Crippen LogP contribution is -2.07. The number of pyridine rings is 1. The Bertz CT molecular complexity index is 1340. The first kappa shape index (κ1) is 19.7. The molecule has 0 bridgehead atoms. The van der Waals surface area contributed by atoms with Crippen LogP contribution in [0, 0.1) is 0 Å². The van der Waals surface area contributed by atoms with Gasteiger partial charge in [-0.1, -0.05) is 24.8 Å². The lowest BCUT2D eigenvalue weighted by molar-refractivity contribution is -0.111. The van der Waals surface area contributed by atoms with E-state index in [-0.39, 0.29) is 5.91 Å². The summed E-state index contributed by atoms with van der Waals surface area (Å²) < 4.78 is 5.90. The van der Waals surface area contributed by atoms with E-state index in [1.807, 2.05) is 12.4 Å². The summed E-state index contributed by atoms with van der Waals surface area (Å²) in [5, 5.41) is 2.71. The SMILES string of the molecule is C=CC(=O)Nc1cccc(Oc2cnc3[nH]cc(-c4ccc(C5=CCCC5)nc4)c3n2)c1. The summed E-state index contributed by atoms with van der Waals surface area (Å²) >= 11 is 0. The van der Waals surface area contributed by atoms with Crippen LogP contribution in [0.2, 0.25) is 0 Å². The molecule has 1 aromatic carbocycles. The largest absolute Gasteiger partial charge is 0.437 e. The van der Waals surface area contributed by atoms with Crippen LogP contribution in [0.15, 0.2) is 73.7 Å². The number of carbonyl (C=O) groups excluding carboxylic acids is 1. The van der Waals surface area contributed by atoms with Crippen molar-refractivity contribution in [1.29, 1.82) is 0 Å². The minimum Gasteiger partial charge on any atom is -0.437 e. The Morgan fingerprint density at radius 3 is 2.91 bits per heavy atom. The predicted octanol–water partition coefficient (Wildman–Crippen LogP) is 5.50. The number of anilines is 1. The Hall–Kier alpha value is -4.26.